The van der Waals surface area contributed by atoms with Crippen LogP contribution in [0.25, 0.3) is 10.6 Å². The normalized spacial score (nSPS) is 11.8. The molecule has 7 nitrogen and oxygen atoms in total. The molecule has 9 heteroatoms. The molecular formula is C25H18ClN3O4S. The van der Waals surface area contributed by atoms with E-state index in [0.717, 1.165) is 10.6 Å². The van der Waals surface area contributed by atoms with Gasteiger partial charge in [0.2, 0.25) is 12.7 Å². The number of aromatic nitrogens is 1. The van der Waals surface area contributed by atoms with Crippen LogP contribution in [0.3, 0.4) is 0 Å². The fourth-order valence-corrected chi connectivity index (χ4v) is 4.61. The van der Waals surface area contributed by atoms with Crippen LogP contribution in [-0.4, -0.2) is 23.6 Å². The fraction of sp³-hybridized carbons (Fsp3) is 0.0800. The number of ether oxygens (including phenoxy) is 2. The van der Waals surface area contributed by atoms with Crippen molar-refractivity contribution < 1.29 is 19.1 Å². The molecule has 0 aliphatic carbocycles. The van der Waals surface area contributed by atoms with Crippen molar-refractivity contribution in [3.63, 3.8) is 0 Å². The van der Waals surface area contributed by atoms with Crippen molar-refractivity contribution in [2.75, 3.05) is 17.4 Å². The van der Waals surface area contributed by atoms with Crippen molar-refractivity contribution >= 4 is 46.1 Å². The topological polar surface area (TPSA) is 89.6 Å². The van der Waals surface area contributed by atoms with E-state index in [1.165, 1.54) is 11.3 Å². The van der Waals surface area contributed by atoms with Crippen LogP contribution in [0.2, 0.25) is 5.02 Å². The molecule has 0 saturated heterocycles. The van der Waals surface area contributed by atoms with Gasteiger partial charge in [0, 0.05) is 22.7 Å². The van der Waals surface area contributed by atoms with Crippen LogP contribution in [-0.2, 0) is 11.2 Å². The van der Waals surface area contributed by atoms with Gasteiger partial charge in [-0.1, -0.05) is 41.9 Å². The Balaban J connectivity index is 1.27. The third-order valence-electron chi connectivity index (χ3n) is 5.07. The number of thiazole rings is 1. The standard InChI is InChI=1S/C25H18ClN3O4S/c26-19-7-3-1-5-17(19)25-28-16(13-34-25)12-23(30)29-20-8-4-2-6-18(20)24(31)27-15-9-10-21-22(11-15)33-14-32-21/h1-11,13H,12,14H2,(H,27,31)(H,29,30). The number of carbonyl (C=O) groups excluding carboxylic acids is 2. The lowest BCUT2D eigenvalue weighted by molar-refractivity contribution is -0.115. The minimum Gasteiger partial charge on any atom is -0.454 e. The lowest BCUT2D eigenvalue weighted by atomic mass is 10.1. The number of anilines is 2. The number of hydrogen-bond acceptors (Lipinski definition) is 6. The molecule has 5 rings (SSSR count). The van der Waals surface area contributed by atoms with Crippen molar-refractivity contribution in [2.45, 2.75) is 6.42 Å². The molecule has 170 valence electrons. The molecule has 0 radical (unpaired) electrons. The van der Waals surface area contributed by atoms with Gasteiger partial charge < -0.3 is 20.1 Å². The van der Waals surface area contributed by atoms with Gasteiger partial charge in [-0.05, 0) is 30.3 Å². The predicted molar refractivity (Wildman–Crippen MR) is 132 cm³/mol. The highest BCUT2D eigenvalue weighted by Crippen LogP contribution is 2.34. The summed E-state index contributed by atoms with van der Waals surface area (Å²) in [6.07, 6.45) is 0.0685. The highest BCUT2D eigenvalue weighted by molar-refractivity contribution is 7.13. The summed E-state index contributed by atoms with van der Waals surface area (Å²) in [6.45, 7) is 0.153. The van der Waals surface area contributed by atoms with E-state index in [9.17, 15) is 9.59 Å². The second kappa shape index (κ2) is 9.54. The molecule has 0 atom stereocenters. The molecule has 2 amide bonds. The Morgan fingerprint density at radius 2 is 1.76 bits per heavy atom. The SMILES string of the molecule is O=C(Cc1csc(-c2ccccc2Cl)n1)Nc1ccccc1C(=O)Nc1ccc2c(c1)OCO2. The number of fused-ring (bicyclic) bond motifs is 1. The number of hydrogen-bond donors (Lipinski definition) is 2. The van der Waals surface area contributed by atoms with Crippen molar-refractivity contribution in [3.05, 3.63) is 88.4 Å². The maximum absolute atomic E-state index is 12.9. The Morgan fingerprint density at radius 1 is 0.971 bits per heavy atom. The molecule has 2 N–H and O–H groups in total. The summed E-state index contributed by atoms with van der Waals surface area (Å²) >= 11 is 7.67. The lowest BCUT2D eigenvalue weighted by Crippen LogP contribution is -2.19. The van der Waals surface area contributed by atoms with E-state index in [1.54, 1.807) is 48.5 Å². The Morgan fingerprint density at radius 3 is 2.65 bits per heavy atom. The summed E-state index contributed by atoms with van der Waals surface area (Å²) in [7, 11) is 0. The van der Waals surface area contributed by atoms with Crippen LogP contribution < -0.4 is 20.1 Å². The largest absolute Gasteiger partial charge is 0.454 e. The molecule has 1 aromatic heterocycles. The Kier molecular flexibility index (Phi) is 6.16. The fourth-order valence-electron chi connectivity index (χ4n) is 3.47. The first kappa shape index (κ1) is 21.9. The maximum Gasteiger partial charge on any atom is 0.257 e. The number of nitrogens with one attached hydrogen (secondary N) is 2. The van der Waals surface area contributed by atoms with E-state index in [0.29, 0.717) is 39.2 Å². The van der Waals surface area contributed by atoms with Gasteiger partial charge in [-0.15, -0.1) is 11.3 Å². The monoisotopic (exact) mass is 491 g/mol. The Bertz CT molecular complexity index is 1390. The number of carbonyl (C=O) groups is 2. The molecule has 0 bridgehead atoms. The first-order valence-corrected chi connectivity index (χ1v) is 11.6. The summed E-state index contributed by atoms with van der Waals surface area (Å²) in [5, 5.41) is 8.83. The average molecular weight is 492 g/mol. The number of nitrogens with zero attached hydrogens (tertiary/aromatic N) is 1. The Hall–Kier alpha value is -3.88. The maximum atomic E-state index is 12.9. The van der Waals surface area contributed by atoms with Gasteiger partial charge in [0.25, 0.3) is 5.91 Å². The van der Waals surface area contributed by atoms with Gasteiger partial charge in [0.05, 0.1) is 28.4 Å². The highest BCUT2D eigenvalue weighted by Gasteiger charge is 2.18. The lowest BCUT2D eigenvalue weighted by Gasteiger charge is -2.11. The van der Waals surface area contributed by atoms with Crippen molar-refractivity contribution in [2.24, 2.45) is 0 Å². The number of amides is 2. The second-order valence-electron chi connectivity index (χ2n) is 7.42. The smallest absolute Gasteiger partial charge is 0.257 e. The zero-order valence-electron chi connectivity index (χ0n) is 17.7. The molecule has 4 aromatic rings. The molecule has 1 aliphatic rings. The van der Waals surface area contributed by atoms with Crippen molar-refractivity contribution in [1.82, 2.24) is 4.98 Å². The molecule has 0 unspecified atom stereocenters. The molecular weight excluding hydrogens is 474 g/mol. The summed E-state index contributed by atoms with van der Waals surface area (Å²) in [6, 6.07) is 19.4. The average Bonchev–Trinajstić information content (AvgIpc) is 3.49. The first-order valence-electron chi connectivity index (χ1n) is 10.4. The van der Waals surface area contributed by atoms with Crippen molar-refractivity contribution in [1.29, 1.82) is 0 Å². The van der Waals surface area contributed by atoms with E-state index in [4.69, 9.17) is 21.1 Å². The van der Waals surface area contributed by atoms with Gasteiger partial charge in [0.15, 0.2) is 11.5 Å². The van der Waals surface area contributed by atoms with Crippen LogP contribution in [0.1, 0.15) is 16.1 Å². The minimum atomic E-state index is -0.357. The summed E-state index contributed by atoms with van der Waals surface area (Å²) in [4.78, 5) is 30.2. The van der Waals surface area contributed by atoms with Crippen LogP contribution in [0.15, 0.2) is 72.1 Å². The molecule has 0 fully saturated rings. The van der Waals surface area contributed by atoms with E-state index >= 15 is 0 Å². The summed E-state index contributed by atoms with van der Waals surface area (Å²) in [5.74, 6) is 0.563. The molecule has 0 saturated carbocycles. The van der Waals surface area contributed by atoms with E-state index < -0.39 is 0 Å². The zero-order chi connectivity index (χ0) is 23.5. The quantitative estimate of drug-likeness (QED) is 0.365. The highest BCUT2D eigenvalue weighted by atomic mass is 35.5. The number of halogens is 1. The van der Waals surface area contributed by atoms with E-state index in [1.807, 2.05) is 23.6 Å². The van der Waals surface area contributed by atoms with Crippen LogP contribution in [0, 0.1) is 0 Å². The van der Waals surface area contributed by atoms with Crippen LogP contribution in [0.4, 0.5) is 11.4 Å². The van der Waals surface area contributed by atoms with Crippen LogP contribution >= 0.6 is 22.9 Å². The van der Waals surface area contributed by atoms with Gasteiger partial charge in [-0.2, -0.15) is 0 Å². The van der Waals surface area contributed by atoms with Crippen LogP contribution in [0.5, 0.6) is 11.5 Å². The summed E-state index contributed by atoms with van der Waals surface area (Å²) in [5.41, 5.74) is 2.76. The third kappa shape index (κ3) is 4.73. The first-order chi connectivity index (χ1) is 16.6. The van der Waals surface area contributed by atoms with Crippen molar-refractivity contribution in [3.8, 4) is 22.1 Å². The van der Waals surface area contributed by atoms with E-state index in [2.05, 4.69) is 15.6 Å². The van der Waals surface area contributed by atoms with E-state index in [-0.39, 0.29) is 25.0 Å². The zero-order valence-corrected chi connectivity index (χ0v) is 19.3. The molecule has 1 aliphatic heterocycles. The molecule has 34 heavy (non-hydrogen) atoms. The van der Waals surface area contributed by atoms with Gasteiger partial charge >= 0.3 is 0 Å². The molecule has 3 aromatic carbocycles. The van der Waals surface area contributed by atoms with Gasteiger partial charge in [-0.25, -0.2) is 4.98 Å². The minimum absolute atomic E-state index is 0.0685. The number of para-hydroxylation sites is 1. The second-order valence-corrected chi connectivity index (χ2v) is 8.68. The molecule has 0 spiro atoms. The number of rotatable bonds is 6. The van der Waals surface area contributed by atoms with Gasteiger partial charge in [0.1, 0.15) is 5.01 Å². The Labute approximate surface area is 204 Å². The predicted octanol–water partition coefficient (Wildman–Crippen LogP) is 5.63. The number of benzene rings is 3. The third-order valence-corrected chi connectivity index (χ3v) is 6.33. The van der Waals surface area contributed by atoms with Gasteiger partial charge in [-0.3, -0.25) is 9.59 Å². The molecule has 2 heterocycles. The summed E-state index contributed by atoms with van der Waals surface area (Å²) < 4.78 is 10.6.